The van der Waals surface area contributed by atoms with Gasteiger partial charge in [-0.3, -0.25) is 0 Å². The molecule has 1 atom stereocenters. The predicted molar refractivity (Wildman–Crippen MR) is 70.7 cm³/mol. The van der Waals surface area contributed by atoms with E-state index >= 15 is 0 Å². The number of halogens is 2. The number of benzene rings is 1. The summed E-state index contributed by atoms with van der Waals surface area (Å²) in [5, 5.41) is 13.3. The lowest BCUT2D eigenvalue weighted by Gasteiger charge is -2.24. The Hall–Kier alpha value is -0.840. The van der Waals surface area contributed by atoms with E-state index in [1.165, 1.54) is 12.1 Å². The number of ether oxygens (including phenoxy) is 1. The number of aliphatic hydroxyl groups is 1. The molecule has 0 aromatic heterocycles. The van der Waals surface area contributed by atoms with Gasteiger partial charge in [0.05, 0.1) is 5.02 Å². The second-order valence-electron chi connectivity index (χ2n) is 4.51. The Morgan fingerprint density at radius 1 is 1.50 bits per heavy atom. The highest BCUT2D eigenvalue weighted by molar-refractivity contribution is 6.32. The fraction of sp³-hybridized carbons (Fsp3) is 0.538. The summed E-state index contributed by atoms with van der Waals surface area (Å²) in [6, 6.07) is 4.32. The zero-order chi connectivity index (χ0) is 13.6. The lowest BCUT2D eigenvalue weighted by Crippen LogP contribution is -2.43. The monoisotopic (exact) mass is 275 g/mol. The van der Waals surface area contributed by atoms with Crippen molar-refractivity contribution < 1.29 is 14.2 Å². The molecule has 1 aromatic carbocycles. The molecule has 0 amide bonds. The summed E-state index contributed by atoms with van der Waals surface area (Å²) in [6.45, 7) is 4.84. The van der Waals surface area contributed by atoms with Crippen molar-refractivity contribution in [3.8, 4) is 5.75 Å². The molecular weight excluding hydrogens is 257 g/mol. The molecule has 0 bridgehead atoms. The Labute approximate surface area is 112 Å². The van der Waals surface area contributed by atoms with Gasteiger partial charge in [0.1, 0.15) is 12.2 Å². The highest BCUT2D eigenvalue weighted by Gasteiger charge is 2.22. The molecule has 1 aromatic rings. The van der Waals surface area contributed by atoms with Crippen LogP contribution < -0.4 is 10.1 Å². The van der Waals surface area contributed by atoms with Gasteiger partial charge >= 0.3 is 0 Å². The topological polar surface area (TPSA) is 41.5 Å². The molecule has 0 radical (unpaired) electrons. The van der Waals surface area contributed by atoms with Crippen molar-refractivity contribution >= 4 is 11.6 Å². The maximum atomic E-state index is 13.4. The zero-order valence-corrected chi connectivity index (χ0v) is 11.4. The molecular formula is C13H19ClFNO2. The first-order valence-electron chi connectivity index (χ1n) is 5.96. The maximum absolute atomic E-state index is 13.4. The van der Waals surface area contributed by atoms with Crippen LogP contribution in [-0.2, 0) is 0 Å². The molecule has 0 aliphatic carbocycles. The zero-order valence-electron chi connectivity index (χ0n) is 10.7. The van der Waals surface area contributed by atoms with E-state index in [2.05, 4.69) is 5.32 Å². The molecule has 2 N–H and O–H groups in total. The van der Waals surface area contributed by atoms with Crippen molar-refractivity contribution in [2.75, 3.05) is 19.7 Å². The van der Waals surface area contributed by atoms with Crippen LogP contribution in [0.4, 0.5) is 4.39 Å². The van der Waals surface area contributed by atoms with Crippen LogP contribution in [0.3, 0.4) is 0 Å². The molecule has 0 heterocycles. The third-order valence-corrected chi connectivity index (χ3v) is 2.68. The van der Waals surface area contributed by atoms with Crippen LogP contribution in [0.1, 0.15) is 20.3 Å². The van der Waals surface area contributed by atoms with E-state index in [-0.39, 0.29) is 17.4 Å². The van der Waals surface area contributed by atoms with Crippen molar-refractivity contribution in [3.63, 3.8) is 0 Å². The van der Waals surface area contributed by atoms with Crippen LogP contribution in [-0.4, -0.2) is 30.4 Å². The van der Waals surface area contributed by atoms with E-state index < -0.39 is 11.4 Å². The number of rotatable bonds is 7. The van der Waals surface area contributed by atoms with Crippen molar-refractivity contribution in [1.29, 1.82) is 0 Å². The van der Waals surface area contributed by atoms with E-state index in [4.69, 9.17) is 16.3 Å². The van der Waals surface area contributed by atoms with E-state index in [1.807, 2.05) is 6.92 Å². The van der Waals surface area contributed by atoms with Crippen molar-refractivity contribution in [2.45, 2.75) is 25.9 Å². The molecule has 5 heteroatoms. The minimum Gasteiger partial charge on any atom is -0.486 e. The molecule has 0 spiro atoms. The van der Waals surface area contributed by atoms with Gasteiger partial charge in [-0.05, 0) is 32.0 Å². The summed E-state index contributed by atoms with van der Waals surface area (Å²) in [5.74, 6) is -0.547. The number of nitrogens with one attached hydrogen (secondary N) is 1. The smallest absolute Gasteiger partial charge is 0.173 e. The molecule has 0 saturated heterocycles. The van der Waals surface area contributed by atoms with Crippen molar-refractivity contribution in [3.05, 3.63) is 29.0 Å². The molecule has 102 valence electrons. The van der Waals surface area contributed by atoms with Crippen LogP contribution in [0.15, 0.2) is 18.2 Å². The minimum atomic E-state index is -1.07. The summed E-state index contributed by atoms with van der Waals surface area (Å²) in [4.78, 5) is 0. The van der Waals surface area contributed by atoms with Gasteiger partial charge in [-0.25, -0.2) is 4.39 Å². The van der Waals surface area contributed by atoms with E-state index in [9.17, 15) is 9.50 Å². The van der Waals surface area contributed by atoms with E-state index in [0.29, 0.717) is 6.54 Å². The van der Waals surface area contributed by atoms with Gasteiger partial charge in [0.15, 0.2) is 11.6 Å². The van der Waals surface area contributed by atoms with Gasteiger partial charge in [0, 0.05) is 6.54 Å². The largest absolute Gasteiger partial charge is 0.486 e. The molecule has 0 fully saturated rings. The molecule has 0 aliphatic heterocycles. The van der Waals surface area contributed by atoms with Gasteiger partial charge < -0.3 is 15.2 Å². The second-order valence-corrected chi connectivity index (χ2v) is 4.92. The quantitative estimate of drug-likeness (QED) is 0.752. The Balaban J connectivity index is 2.53. The van der Waals surface area contributed by atoms with E-state index in [0.717, 1.165) is 13.0 Å². The van der Waals surface area contributed by atoms with Crippen LogP contribution >= 0.6 is 11.6 Å². The third kappa shape index (κ3) is 4.80. The third-order valence-electron chi connectivity index (χ3n) is 2.38. The van der Waals surface area contributed by atoms with Gasteiger partial charge in [0.25, 0.3) is 0 Å². The van der Waals surface area contributed by atoms with Crippen LogP contribution in [0, 0.1) is 5.82 Å². The summed E-state index contributed by atoms with van der Waals surface area (Å²) in [7, 11) is 0. The summed E-state index contributed by atoms with van der Waals surface area (Å²) >= 11 is 5.82. The van der Waals surface area contributed by atoms with Crippen LogP contribution in [0.5, 0.6) is 5.75 Å². The number of para-hydroxylation sites is 1. The lowest BCUT2D eigenvalue weighted by atomic mass is 10.1. The average Bonchev–Trinajstić information content (AvgIpc) is 2.28. The maximum Gasteiger partial charge on any atom is 0.173 e. The predicted octanol–water partition coefficient (Wildman–Crippen LogP) is 2.61. The van der Waals surface area contributed by atoms with Gasteiger partial charge in [-0.1, -0.05) is 24.6 Å². The second kappa shape index (κ2) is 6.92. The molecule has 0 saturated carbocycles. The Kier molecular flexibility index (Phi) is 5.85. The summed E-state index contributed by atoms with van der Waals surface area (Å²) < 4.78 is 18.7. The summed E-state index contributed by atoms with van der Waals surface area (Å²) in [6.07, 6.45) is 0.982. The Bertz CT molecular complexity index is 365. The van der Waals surface area contributed by atoms with Gasteiger partial charge in [-0.15, -0.1) is 0 Å². The fourth-order valence-corrected chi connectivity index (χ4v) is 1.65. The standard InChI is InChI=1S/C13H19ClFNO2/c1-3-7-16-8-13(2,17)9-18-12-10(14)5-4-6-11(12)15/h4-6,16-17H,3,7-9H2,1-2H3. The number of hydrogen-bond acceptors (Lipinski definition) is 3. The van der Waals surface area contributed by atoms with Gasteiger partial charge in [-0.2, -0.15) is 0 Å². The molecule has 18 heavy (non-hydrogen) atoms. The van der Waals surface area contributed by atoms with Crippen molar-refractivity contribution in [1.82, 2.24) is 5.32 Å². The fourth-order valence-electron chi connectivity index (χ4n) is 1.43. The highest BCUT2D eigenvalue weighted by Crippen LogP contribution is 2.27. The summed E-state index contributed by atoms with van der Waals surface area (Å²) in [5.41, 5.74) is -1.07. The van der Waals surface area contributed by atoms with Crippen LogP contribution in [0.2, 0.25) is 5.02 Å². The normalized spacial score (nSPS) is 14.3. The molecule has 3 nitrogen and oxygen atoms in total. The lowest BCUT2D eigenvalue weighted by molar-refractivity contribution is 0.0114. The number of hydrogen-bond donors (Lipinski definition) is 2. The van der Waals surface area contributed by atoms with Crippen molar-refractivity contribution in [2.24, 2.45) is 0 Å². The molecule has 0 aliphatic rings. The first-order valence-corrected chi connectivity index (χ1v) is 6.34. The Morgan fingerprint density at radius 2 is 2.22 bits per heavy atom. The van der Waals surface area contributed by atoms with Crippen LogP contribution in [0.25, 0.3) is 0 Å². The Morgan fingerprint density at radius 3 is 2.83 bits per heavy atom. The SMILES string of the molecule is CCCNCC(C)(O)COc1c(F)cccc1Cl. The van der Waals surface area contributed by atoms with E-state index in [1.54, 1.807) is 13.0 Å². The average molecular weight is 276 g/mol. The molecule has 1 unspecified atom stereocenters. The first kappa shape index (κ1) is 15.2. The minimum absolute atomic E-state index is 0.0186. The molecule has 1 rings (SSSR count). The highest BCUT2D eigenvalue weighted by atomic mass is 35.5. The van der Waals surface area contributed by atoms with Gasteiger partial charge in [0.2, 0.25) is 0 Å². The first-order chi connectivity index (χ1) is 8.46.